The van der Waals surface area contributed by atoms with E-state index in [1.807, 2.05) is 11.8 Å². The molecular formula is C9H16BrNO2. The summed E-state index contributed by atoms with van der Waals surface area (Å²) >= 11 is 3.27. The van der Waals surface area contributed by atoms with Crippen LogP contribution in [0.3, 0.4) is 0 Å². The molecule has 0 aromatic carbocycles. The van der Waals surface area contributed by atoms with Crippen molar-refractivity contribution in [1.29, 1.82) is 0 Å². The second kappa shape index (κ2) is 4.96. The molecule has 1 atom stereocenters. The number of hydrogen-bond acceptors (Lipinski definition) is 2. The van der Waals surface area contributed by atoms with Gasteiger partial charge in [-0.25, -0.2) is 0 Å². The van der Waals surface area contributed by atoms with Gasteiger partial charge in [0.15, 0.2) is 0 Å². The minimum atomic E-state index is -0.0850. The van der Waals surface area contributed by atoms with Crippen molar-refractivity contribution in [3.63, 3.8) is 0 Å². The largest absolute Gasteiger partial charge is 0.396 e. The summed E-state index contributed by atoms with van der Waals surface area (Å²) in [7, 11) is 0. The average Bonchev–Trinajstić information content (AvgIpc) is 2.17. The van der Waals surface area contributed by atoms with Crippen molar-refractivity contribution >= 4 is 21.8 Å². The second-order valence-electron chi connectivity index (χ2n) is 3.57. The standard InChI is InChI=1S/C9H16BrNO2/c1-7(10)9(13)11-4-2-8(6-12)3-5-11/h7-8,12H,2-6H2,1H3. The number of aliphatic hydroxyl groups excluding tert-OH is 1. The van der Waals surface area contributed by atoms with Crippen LogP contribution in [0.15, 0.2) is 0 Å². The van der Waals surface area contributed by atoms with Crippen molar-refractivity contribution in [3.05, 3.63) is 0 Å². The van der Waals surface area contributed by atoms with Crippen LogP contribution in [0.1, 0.15) is 19.8 Å². The molecule has 0 spiro atoms. The fraction of sp³-hybridized carbons (Fsp3) is 0.889. The van der Waals surface area contributed by atoms with E-state index in [9.17, 15) is 4.79 Å². The summed E-state index contributed by atoms with van der Waals surface area (Å²) in [5.41, 5.74) is 0. The third kappa shape index (κ3) is 2.95. The molecule has 1 rings (SSSR count). The predicted molar refractivity (Wildman–Crippen MR) is 54.8 cm³/mol. The normalized spacial score (nSPS) is 21.6. The van der Waals surface area contributed by atoms with Crippen molar-refractivity contribution in [2.75, 3.05) is 19.7 Å². The molecule has 0 aliphatic carbocycles. The third-order valence-electron chi connectivity index (χ3n) is 2.52. The van der Waals surface area contributed by atoms with E-state index in [1.165, 1.54) is 0 Å². The van der Waals surface area contributed by atoms with Gasteiger partial charge in [-0.1, -0.05) is 15.9 Å². The highest BCUT2D eigenvalue weighted by Gasteiger charge is 2.24. The minimum absolute atomic E-state index is 0.0850. The first-order valence-corrected chi connectivity index (χ1v) is 5.60. The molecule has 0 saturated carbocycles. The molecule has 1 amide bonds. The van der Waals surface area contributed by atoms with Gasteiger partial charge in [-0.05, 0) is 25.7 Å². The zero-order valence-electron chi connectivity index (χ0n) is 7.87. The maximum absolute atomic E-state index is 11.5. The Labute approximate surface area is 87.2 Å². The Balaban J connectivity index is 2.36. The Kier molecular flexibility index (Phi) is 4.19. The number of amides is 1. The van der Waals surface area contributed by atoms with Gasteiger partial charge < -0.3 is 10.0 Å². The molecule has 13 heavy (non-hydrogen) atoms. The van der Waals surface area contributed by atoms with Crippen LogP contribution in [0.25, 0.3) is 0 Å². The number of likely N-dealkylation sites (tertiary alicyclic amines) is 1. The summed E-state index contributed by atoms with van der Waals surface area (Å²) in [6, 6.07) is 0. The molecule has 1 saturated heterocycles. The summed E-state index contributed by atoms with van der Waals surface area (Å²) < 4.78 is 0. The average molecular weight is 250 g/mol. The predicted octanol–water partition coefficient (Wildman–Crippen LogP) is 1.00. The van der Waals surface area contributed by atoms with E-state index in [0.29, 0.717) is 5.92 Å². The first-order chi connectivity index (χ1) is 6.15. The van der Waals surface area contributed by atoms with Gasteiger partial charge in [0.05, 0.1) is 4.83 Å². The Bertz CT molecular complexity index is 176. The summed E-state index contributed by atoms with van der Waals surface area (Å²) in [6.07, 6.45) is 1.87. The molecule has 0 aromatic rings. The maximum atomic E-state index is 11.5. The van der Waals surface area contributed by atoms with E-state index in [-0.39, 0.29) is 17.3 Å². The van der Waals surface area contributed by atoms with Crippen LogP contribution in [0.4, 0.5) is 0 Å². The number of carbonyl (C=O) groups is 1. The van der Waals surface area contributed by atoms with E-state index in [1.54, 1.807) is 0 Å². The van der Waals surface area contributed by atoms with E-state index in [2.05, 4.69) is 15.9 Å². The van der Waals surface area contributed by atoms with Crippen LogP contribution in [-0.4, -0.2) is 40.4 Å². The number of aliphatic hydroxyl groups is 1. The quantitative estimate of drug-likeness (QED) is 0.743. The number of piperidine rings is 1. The molecule has 1 N–H and O–H groups in total. The summed E-state index contributed by atoms with van der Waals surface area (Å²) in [5.74, 6) is 0.561. The van der Waals surface area contributed by atoms with Crippen molar-refractivity contribution < 1.29 is 9.90 Å². The van der Waals surface area contributed by atoms with E-state index >= 15 is 0 Å². The Hall–Kier alpha value is -0.0900. The molecule has 0 radical (unpaired) electrons. The molecule has 1 unspecified atom stereocenters. The minimum Gasteiger partial charge on any atom is -0.396 e. The van der Waals surface area contributed by atoms with Crippen molar-refractivity contribution in [1.82, 2.24) is 4.90 Å². The first kappa shape index (κ1) is 11.0. The Morgan fingerprint density at radius 1 is 1.62 bits per heavy atom. The molecule has 1 fully saturated rings. The van der Waals surface area contributed by atoms with E-state index in [4.69, 9.17) is 5.11 Å². The van der Waals surface area contributed by atoms with Gasteiger partial charge in [-0.15, -0.1) is 0 Å². The summed E-state index contributed by atoms with van der Waals surface area (Å²) in [5, 5.41) is 8.91. The highest BCUT2D eigenvalue weighted by atomic mass is 79.9. The number of nitrogens with zero attached hydrogens (tertiary/aromatic N) is 1. The van der Waals surface area contributed by atoms with Gasteiger partial charge in [0.25, 0.3) is 0 Å². The van der Waals surface area contributed by atoms with Gasteiger partial charge in [0.1, 0.15) is 0 Å². The van der Waals surface area contributed by atoms with E-state index < -0.39 is 0 Å². The lowest BCUT2D eigenvalue weighted by Crippen LogP contribution is -2.42. The fourth-order valence-electron chi connectivity index (χ4n) is 1.59. The smallest absolute Gasteiger partial charge is 0.236 e. The lowest BCUT2D eigenvalue weighted by atomic mass is 9.98. The lowest BCUT2D eigenvalue weighted by molar-refractivity contribution is -0.131. The Morgan fingerprint density at radius 3 is 2.54 bits per heavy atom. The topological polar surface area (TPSA) is 40.5 Å². The number of alkyl halides is 1. The Morgan fingerprint density at radius 2 is 2.15 bits per heavy atom. The van der Waals surface area contributed by atoms with Crippen molar-refractivity contribution in [2.45, 2.75) is 24.6 Å². The van der Waals surface area contributed by atoms with Crippen LogP contribution in [0.2, 0.25) is 0 Å². The first-order valence-electron chi connectivity index (χ1n) is 4.69. The fourth-order valence-corrected chi connectivity index (χ4v) is 1.88. The molecule has 0 aromatic heterocycles. The zero-order valence-corrected chi connectivity index (χ0v) is 9.46. The highest BCUT2D eigenvalue weighted by molar-refractivity contribution is 9.10. The maximum Gasteiger partial charge on any atom is 0.236 e. The monoisotopic (exact) mass is 249 g/mol. The molecule has 1 heterocycles. The summed E-state index contributed by atoms with van der Waals surface area (Å²) in [6.45, 7) is 3.69. The summed E-state index contributed by atoms with van der Waals surface area (Å²) in [4.78, 5) is 13.3. The second-order valence-corrected chi connectivity index (χ2v) is 4.94. The van der Waals surface area contributed by atoms with Gasteiger partial charge in [-0.2, -0.15) is 0 Å². The lowest BCUT2D eigenvalue weighted by Gasteiger charge is -2.31. The van der Waals surface area contributed by atoms with Gasteiger partial charge >= 0.3 is 0 Å². The molecular weight excluding hydrogens is 234 g/mol. The van der Waals surface area contributed by atoms with Crippen LogP contribution in [0.5, 0.6) is 0 Å². The molecule has 1 aliphatic rings. The number of hydrogen-bond donors (Lipinski definition) is 1. The van der Waals surface area contributed by atoms with Crippen LogP contribution >= 0.6 is 15.9 Å². The number of rotatable bonds is 2. The molecule has 0 bridgehead atoms. The van der Waals surface area contributed by atoms with E-state index in [0.717, 1.165) is 25.9 Å². The van der Waals surface area contributed by atoms with Crippen LogP contribution in [0, 0.1) is 5.92 Å². The van der Waals surface area contributed by atoms with Gasteiger partial charge in [-0.3, -0.25) is 4.79 Å². The SMILES string of the molecule is CC(Br)C(=O)N1CCC(CO)CC1. The van der Waals surface area contributed by atoms with Gasteiger partial charge in [0, 0.05) is 19.7 Å². The number of halogens is 1. The third-order valence-corrected chi connectivity index (χ3v) is 2.92. The molecule has 4 heteroatoms. The molecule has 1 aliphatic heterocycles. The zero-order chi connectivity index (χ0) is 9.84. The van der Waals surface area contributed by atoms with Crippen LogP contribution in [-0.2, 0) is 4.79 Å². The number of carbonyl (C=O) groups excluding carboxylic acids is 1. The van der Waals surface area contributed by atoms with Crippen molar-refractivity contribution in [2.24, 2.45) is 5.92 Å². The molecule has 76 valence electrons. The van der Waals surface area contributed by atoms with Gasteiger partial charge in [0.2, 0.25) is 5.91 Å². The van der Waals surface area contributed by atoms with Crippen LogP contribution < -0.4 is 0 Å². The highest BCUT2D eigenvalue weighted by Crippen LogP contribution is 2.18. The van der Waals surface area contributed by atoms with Crippen molar-refractivity contribution in [3.8, 4) is 0 Å². The molecule has 3 nitrogen and oxygen atoms in total.